The molecule has 0 spiro atoms. The van der Waals surface area contributed by atoms with E-state index in [-0.39, 0.29) is 6.54 Å². The molecule has 0 fully saturated rings. The largest absolute Gasteiger partial charge is 0.497 e. The van der Waals surface area contributed by atoms with Gasteiger partial charge in [-0.25, -0.2) is 13.8 Å². The standard InChI is InChI=1S/C17H14F2N4O2/c1-25-11-7-5-10(6-8-11)16-21-14(22-23-16)9-20-17(24)15-12(18)3-2-4-13(15)19/h2-8H,9H2,1H3,(H,20,24)(H,21,22,23). The van der Waals surface area contributed by atoms with E-state index in [0.717, 1.165) is 17.7 Å². The van der Waals surface area contributed by atoms with Gasteiger partial charge in [-0.2, -0.15) is 5.10 Å². The van der Waals surface area contributed by atoms with Gasteiger partial charge in [0.15, 0.2) is 5.82 Å². The second-order valence-corrected chi connectivity index (χ2v) is 5.11. The third-order valence-electron chi connectivity index (χ3n) is 3.49. The number of halogens is 2. The minimum atomic E-state index is -0.922. The number of H-pyrrole nitrogens is 1. The lowest BCUT2D eigenvalue weighted by atomic mass is 10.2. The number of hydrogen-bond donors (Lipinski definition) is 2. The average molecular weight is 344 g/mol. The van der Waals surface area contributed by atoms with Crippen LogP contribution in [-0.2, 0) is 6.54 Å². The van der Waals surface area contributed by atoms with E-state index < -0.39 is 23.1 Å². The minimum Gasteiger partial charge on any atom is -0.497 e. The molecule has 6 nitrogen and oxygen atoms in total. The van der Waals surface area contributed by atoms with Gasteiger partial charge in [-0.15, -0.1) is 0 Å². The summed E-state index contributed by atoms with van der Waals surface area (Å²) in [4.78, 5) is 16.2. The van der Waals surface area contributed by atoms with Crippen LogP contribution in [0.25, 0.3) is 11.4 Å². The van der Waals surface area contributed by atoms with Crippen molar-refractivity contribution in [3.63, 3.8) is 0 Å². The molecule has 8 heteroatoms. The number of hydrogen-bond acceptors (Lipinski definition) is 4. The Bertz CT molecular complexity index is 874. The highest BCUT2D eigenvalue weighted by atomic mass is 19.1. The minimum absolute atomic E-state index is 0.0459. The zero-order valence-electron chi connectivity index (χ0n) is 13.2. The third kappa shape index (κ3) is 3.63. The van der Waals surface area contributed by atoms with Gasteiger partial charge in [0.2, 0.25) is 0 Å². The molecule has 0 aliphatic heterocycles. The molecule has 0 bridgehead atoms. The van der Waals surface area contributed by atoms with Crippen LogP contribution < -0.4 is 10.1 Å². The van der Waals surface area contributed by atoms with E-state index in [2.05, 4.69) is 20.5 Å². The molecule has 2 N–H and O–H groups in total. The van der Waals surface area contributed by atoms with Crippen LogP contribution in [0.4, 0.5) is 8.78 Å². The van der Waals surface area contributed by atoms with E-state index in [1.165, 1.54) is 6.07 Å². The van der Waals surface area contributed by atoms with E-state index in [9.17, 15) is 13.6 Å². The zero-order chi connectivity index (χ0) is 17.8. The summed E-state index contributed by atoms with van der Waals surface area (Å²) < 4.78 is 32.2. The van der Waals surface area contributed by atoms with E-state index in [1.807, 2.05) is 0 Å². The van der Waals surface area contributed by atoms with Crippen LogP contribution in [0.5, 0.6) is 5.75 Å². The normalized spacial score (nSPS) is 10.5. The van der Waals surface area contributed by atoms with Crippen LogP contribution >= 0.6 is 0 Å². The van der Waals surface area contributed by atoms with Crippen molar-refractivity contribution >= 4 is 5.91 Å². The molecule has 0 radical (unpaired) electrons. The number of carbonyl (C=O) groups is 1. The lowest BCUT2D eigenvalue weighted by molar-refractivity contribution is 0.0941. The first kappa shape index (κ1) is 16.6. The van der Waals surface area contributed by atoms with Crippen molar-refractivity contribution in [1.82, 2.24) is 20.5 Å². The van der Waals surface area contributed by atoms with Gasteiger partial charge in [0, 0.05) is 5.56 Å². The SMILES string of the molecule is COc1ccc(-c2n[nH]c(CNC(=O)c3c(F)cccc3F)n2)cc1. The first-order chi connectivity index (χ1) is 12.1. The maximum absolute atomic E-state index is 13.6. The van der Waals surface area contributed by atoms with Gasteiger partial charge in [-0.05, 0) is 36.4 Å². The number of aromatic amines is 1. The van der Waals surface area contributed by atoms with E-state index in [4.69, 9.17) is 4.74 Å². The number of carbonyl (C=O) groups excluding carboxylic acids is 1. The number of aromatic nitrogens is 3. The van der Waals surface area contributed by atoms with Crippen molar-refractivity contribution in [2.24, 2.45) is 0 Å². The lowest BCUT2D eigenvalue weighted by Crippen LogP contribution is -2.25. The van der Waals surface area contributed by atoms with Crippen LogP contribution in [-0.4, -0.2) is 28.2 Å². The summed E-state index contributed by atoms with van der Waals surface area (Å²) in [5, 5.41) is 9.13. The highest BCUT2D eigenvalue weighted by molar-refractivity contribution is 5.94. The maximum atomic E-state index is 13.6. The number of ether oxygens (including phenoxy) is 1. The first-order valence-corrected chi connectivity index (χ1v) is 7.36. The molecule has 0 saturated carbocycles. The zero-order valence-corrected chi connectivity index (χ0v) is 13.2. The van der Waals surface area contributed by atoms with Gasteiger partial charge in [0.25, 0.3) is 5.91 Å². The van der Waals surface area contributed by atoms with E-state index >= 15 is 0 Å². The summed E-state index contributed by atoms with van der Waals surface area (Å²) in [6.45, 7) is -0.0459. The number of nitrogens with zero attached hydrogens (tertiary/aromatic N) is 2. The summed E-state index contributed by atoms with van der Waals surface area (Å²) in [6.07, 6.45) is 0. The summed E-state index contributed by atoms with van der Waals surface area (Å²) in [5.74, 6) is -1.21. The van der Waals surface area contributed by atoms with Gasteiger partial charge < -0.3 is 10.1 Å². The maximum Gasteiger partial charge on any atom is 0.257 e. The molecule has 128 valence electrons. The fourth-order valence-electron chi connectivity index (χ4n) is 2.21. The van der Waals surface area contributed by atoms with Crippen LogP contribution in [0.2, 0.25) is 0 Å². The van der Waals surface area contributed by atoms with Crippen LogP contribution in [0, 0.1) is 11.6 Å². The van der Waals surface area contributed by atoms with Crippen LogP contribution in [0.15, 0.2) is 42.5 Å². The smallest absolute Gasteiger partial charge is 0.257 e. The number of rotatable bonds is 5. The molecular formula is C17H14F2N4O2. The summed E-state index contributed by atoms with van der Waals surface area (Å²) in [6, 6.07) is 10.4. The van der Waals surface area contributed by atoms with Crippen molar-refractivity contribution in [1.29, 1.82) is 0 Å². The Morgan fingerprint density at radius 3 is 2.48 bits per heavy atom. The van der Waals surface area contributed by atoms with Gasteiger partial charge in [-0.3, -0.25) is 9.89 Å². The molecule has 0 saturated heterocycles. The fraction of sp³-hybridized carbons (Fsp3) is 0.118. The molecule has 25 heavy (non-hydrogen) atoms. The Labute approximate surface area is 141 Å². The molecule has 0 atom stereocenters. The first-order valence-electron chi connectivity index (χ1n) is 7.36. The Hall–Kier alpha value is -3.29. The predicted octanol–water partition coefficient (Wildman–Crippen LogP) is 2.69. The summed E-state index contributed by atoms with van der Waals surface area (Å²) in [5.41, 5.74) is 0.132. The number of nitrogens with one attached hydrogen (secondary N) is 2. The number of benzene rings is 2. The van der Waals surface area contributed by atoms with Crippen LogP contribution in [0.3, 0.4) is 0 Å². The van der Waals surface area contributed by atoms with Crippen molar-refractivity contribution in [2.45, 2.75) is 6.54 Å². The Balaban J connectivity index is 1.68. The van der Waals surface area contributed by atoms with E-state index in [1.54, 1.807) is 31.4 Å². The van der Waals surface area contributed by atoms with Crippen molar-refractivity contribution in [2.75, 3.05) is 7.11 Å². The number of methoxy groups -OCH3 is 1. The Kier molecular flexibility index (Phi) is 4.69. The molecule has 0 aliphatic carbocycles. The summed E-state index contributed by atoms with van der Waals surface area (Å²) in [7, 11) is 1.57. The molecule has 2 aromatic carbocycles. The molecule has 3 rings (SSSR count). The molecule has 1 heterocycles. The fourth-order valence-corrected chi connectivity index (χ4v) is 2.21. The molecule has 0 aliphatic rings. The van der Waals surface area contributed by atoms with E-state index in [0.29, 0.717) is 17.4 Å². The monoisotopic (exact) mass is 344 g/mol. The van der Waals surface area contributed by atoms with Crippen molar-refractivity contribution < 1.29 is 18.3 Å². The second-order valence-electron chi connectivity index (χ2n) is 5.11. The predicted molar refractivity (Wildman–Crippen MR) is 85.9 cm³/mol. The van der Waals surface area contributed by atoms with Crippen molar-refractivity contribution in [3.8, 4) is 17.1 Å². The van der Waals surface area contributed by atoms with Gasteiger partial charge in [0.1, 0.15) is 28.8 Å². The summed E-state index contributed by atoms with van der Waals surface area (Å²) >= 11 is 0. The van der Waals surface area contributed by atoms with Gasteiger partial charge in [-0.1, -0.05) is 6.07 Å². The molecular weight excluding hydrogens is 330 g/mol. The third-order valence-corrected chi connectivity index (χ3v) is 3.49. The van der Waals surface area contributed by atoms with Crippen molar-refractivity contribution in [3.05, 3.63) is 65.5 Å². The molecule has 1 aromatic heterocycles. The second kappa shape index (κ2) is 7.08. The Morgan fingerprint density at radius 2 is 1.84 bits per heavy atom. The molecule has 3 aromatic rings. The molecule has 0 unspecified atom stereocenters. The molecule has 1 amide bonds. The van der Waals surface area contributed by atoms with Crippen LogP contribution in [0.1, 0.15) is 16.2 Å². The average Bonchev–Trinajstić information content (AvgIpc) is 3.09. The quantitative estimate of drug-likeness (QED) is 0.746. The van der Waals surface area contributed by atoms with Gasteiger partial charge >= 0.3 is 0 Å². The highest BCUT2D eigenvalue weighted by Crippen LogP contribution is 2.19. The number of amides is 1. The highest BCUT2D eigenvalue weighted by Gasteiger charge is 2.17. The lowest BCUT2D eigenvalue weighted by Gasteiger charge is -2.05. The Morgan fingerprint density at radius 1 is 1.16 bits per heavy atom. The topological polar surface area (TPSA) is 79.9 Å². The van der Waals surface area contributed by atoms with Gasteiger partial charge in [0.05, 0.1) is 13.7 Å².